The average Bonchev–Trinajstić information content (AvgIpc) is 2.29. The van der Waals surface area contributed by atoms with E-state index in [-0.39, 0.29) is 21.1 Å². The standard InChI is InChI=1S/C15H22N2.W/c1-12(2)14-5-7-15(8-6-14)17-10-9-16(4)11-13(17)3;/h5-7,12-13H,3,9-11H2,1-2,4H3;/q-2;+2. The Bertz CT molecular complexity index is 361. The topological polar surface area (TPSA) is 6.48 Å². The Labute approximate surface area is 126 Å². The van der Waals surface area contributed by atoms with Crippen LogP contribution < -0.4 is 4.90 Å². The molecule has 0 amide bonds. The fraction of sp³-hybridized carbons (Fsp3) is 0.533. The van der Waals surface area contributed by atoms with Gasteiger partial charge in [-0.3, -0.25) is 0 Å². The van der Waals surface area contributed by atoms with Crippen LogP contribution in [-0.2, 0) is 21.1 Å². The molecule has 18 heavy (non-hydrogen) atoms. The number of benzene rings is 1. The second kappa shape index (κ2) is 6.72. The van der Waals surface area contributed by atoms with Gasteiger partial charge >= 0.3 is 21.1 Å². The fourth-order valence-corrected chi connectivity index (χ4v) is 2.29. The van der Waals surface area contributed by atoms with Gasteiger partial charge in [-0.25, -0.2) is 0 Å². The SMILES string of the molecule is [CH2-]C1CN(C)CCN1c1[c-]cc(C(C)C)cc1.[W+2]. The minimum Gasteiger partial charge on any atom is -0.418 e. The predicted molar refractivity (Wildman–Crippen MR) is 73.4 cm³/mol. The van der Waals surface area contributed by atoms with E-state index in [2.05, 4.69) is 61.9 Å². The van der Waals surface area contributed by atoms with Gasteiger partial charge in [0, 0.05) is 13.1 Å². The summed E-state index contributed by atoms with van der Waals surface area (Å²) < 4.78 is 0. The molecule has 0 N–H and O–H groups in total. The summed E-state index contributed by atoms with van der Waals surface area (Å²) in [5, 5.41) is 0. The van der Waals surface area contributed by atoms with Gasteiger partial charge in [-0.1, -0.05) is 31.5 Å². The van der Waals surface area contributed by atoms with Gasteiger partial charge in [0.25, 0.3) is 0 Å². The van der Waals surface area contributed by atoms with Gasteiger partial charge in [0.15, 0.2) is 0 Å². The molecule has 3 heteroatoms. The predicted octanol–water partition coefficient (Wildman–Crippen LogP) is 2.56. The van der Waals surface area contributed by atoms with Gasteiger partial charge in [-0.15, -0.1) is 6.07 Å². The van der Waals surface area contributed by atoms with Crippen molar-refractivity contribution in [3.8, 4) is 0 Å². The molecular formula is C15H22N2W. The summed E-state index contributed by atoms with van der Waals surface area (Å²) in [6.45, 7) is 11.8. The maximum absolute atomic E-state index is 4.23. The first-order valence-corrected chi connectivity index (χ1v) is 6.38. The van der Waals surface area contributed by atoms with Crippen LogP contribution in [0, 0.1) is 13.0 Å². The van der Waals surface area contributed by atoms with Crippen molar-refractivity contribution in [1.29, 1.82) is 0 Å². The van der Waals surface area contributed by atoms with Crippen molar-refractivity contribution < 1.29 is 21.1 Å². The summed E-state index contributed by atoms with van der Waals surface area (Å²) in [4.78, 5) is 4.68. The van der Waals surface area contributed by atoms with Crippen LogP contribution in [0.5, 0.6) is 0 Å². The van der Waals surface area contributed by atoms with Crippen LogP contribution in [-0.4, -0.2) is 37.6 Å². The van der Waals surface area contributed by atoms with Crippen molar-refractivity contribution in [2.45, 2.75) is 25.8 Å². The summed E-state index contributed by atoms with van der Waals surface area (Å²) in [6, 6.07) is 10.2. The van der Waals surface area contributed by atoms with Crippen molar-refractivity contribution >= 4 is 5.69 Å². The quantitative estimate of drug-likeness (QED) is 0.687. The van der Waals surface area contributed by atoms with Crippen LogP contribution in [0.25, 0.3) is 0 Å². The van der Waals surface area contributed by atoms with Gasteiger partial charge < -0.3 is 16.7 Å². The Morgan fingerprint density at radius 2 is 2.06 bits per heavy atom. The van der Waals surface area contributed by atoms with E-state index >= 15 is 0 Å². The van der Waals surface area contributed by atoms with E-state index in [1.54, 1.807) is 0 Å². The Morgan fingerprint density at radius 3 is 2.56 bits per heavy atom. The van der Waals surface area contributed by atoms with Crippen molar-refractivity contribution in [1.82, 2.24) is 4.90 Å². The molecule has 1 unspecified atom stereocenters. The molecule has 0 aromatic heterocycles. The molecule has 0 radical (unpaired) electrons. The molecule has 0 aliphatic carbocycles. The molecule has 1 aliphatic rings. The average molecular weight is 414 g/mol. The van der Waals surface area contributed by atoms with E-state index in [9.17, 15) is 0 Å². The molecular weight excluding hydrogens is 392 g/mol. The molecule has 1 fully saturated rings. The maximum atomic E-state index is 4.23. The van der Waals surface area contributed by atoms with E-state index < -0.39 is 0 Å². The van der Waals surface area contributed by atoms with E-state index in [0.717, 1.165) is 19.6 Å². The summed E-state index contributed by atoms with van der Waals surface area (Å²) in [5.41, 5.74) is 2.53. The van der Waals surface area contributed by atoms with Crippen LogP contribution >= 0.6 is 0 Å². The van der Waals surface area contributed by atoms with Crippen LogP contribution in [0.15, 0.2) is 18.2 Å². The molecule has 0 saturated carbocycles. The van der Waals surface area contributed by atoms with Crippen molar-refractivity contribution in [3.63, 3.8) is 0 Å². The van der Waals surface area contributed by atoms with E-state index in [0.29, 0.717) is 12.0 Å². The Balaban J connectivity index is 0.00000162. The third-order valence-electron chi connectivity index (χ3n) is 3.48. The number of nitrogens with zero attached hydrogens (tertiary/aromatic N) is 2. The Hall–Kier alpha value is -0.332. The molecule has 1 atom stereocenters. The second-order valence-electron chi connectivity index (χ2n) is 5.27. The second-order valence-corrected chi connectivity index (χ2v) is 5.27. The van der Waals surface area contributed by atoms with Crippen LogP contribution in [0.3, 0.4) is 0 Å². The van der Waals surface area contributed by atoms with Gasteiger partial charge in [-0.05, 0) is 13.6 Å². The normalized spacial score (nSPS) is 20.9. The fourth-order valence-electron chi connectivity index (χ4n) is 2.29. The summed E-state index contributed by atoms with van der Waals surface area (Å²) in [7, 11) is 2.15. The molecule has 0 bridgehead atoms. The summed E-state index contributed by atoms with van der Waals surface area (Å²) in [5.74, 6) is 0.573. The number of hydrogen-bond acceptors (Lipinski definition) is 2. The number of anilines is 1. The van der Waals surface area contributed by atoms with Gasteiger partial charge in [0.2, 0.25) is 0 Å². The van der Waals surface area contributed by atoms with Gasteiger partial charge in [0.05, 0.1) is 0 Å². The van der Waals surface area contributed by atoms with Crippen LogP contribution in [0.4, 0.5) is 5.69 Å². The molecule has 1 aromatic carbocycles. The largest absolute Gasteiger partial charge is 2.00 e. The molecule has 1 aliphatic heterocycles. The monoisotopic (exact) mass is 414 g/mol. The van der Waals surface area contributed by atoms with Crippen LogP contribution in [0.1, 0.15) is 25.3 Å². The first-order chi connectivity index (χ1) is 8.08. The zero-order valence-corrected chi connectivity index (χ0v) is 14.5. The van der Waals surface area contributed by atoms with Crippen molar-refractivity contribution in [3.05, 3.63) is 36.8 Å². The number of likely N-dealkylation sites (N-methyl/N-ethyl adjacent to an activating group) is 1. The van der Waals surface area contributed by atoms with Gasteiger partial charge in [-0.2, -0.15) is 23.8 Å². The number of rotatable bonds is 2. The zero-order valence-electron chi connectivity index (χ0n) is 11.5. The van der Waals surface area contributed by atoms with Crippen molar-refractivity contribution in [2.24, 2.45) is 0 Å². The Morgan fingerprint density at radius 1 is 1.33 bits per heavy atom. The summed E-state index contributed by atoms with van der Waals surface area (Å²) in [6.07, 6.45) is 0. The Kier molecular flexibility index (Phi) is 5.87. The zero-order chi connectivity index (χ0) is 12.4. The first kappa shape index (κ1) is 15.7. The number of hydrogen-bond donors (Lipinski definition) is 0. The molecule has 1 saturated heterocycles. The van der Waals surface area contributed by atoms with E-state index in [1.807, 2.05) is 0 Å². The molecule has 1 heterocycles. The molecule has 0 spiro atoms. The summed E-state index contributed by atoms with van der Waals surface area (Å²) >= 11 is 0. The van der Waals surface area contributed by atoms with Crippen molar-refractivity contribution in [2.75, 3.05) is 31.6 Å². The smallest absolute Gasteiger partial charge is 0.418 e. The maximum Gasteiger partial charge on any atom is 2.00 e. The first-order valence-electron chi connectivity index (χ1n) is 6.38. The van der Waals surface area contributed by atoms with E-state index in [4.69, 9.17) is 0 Å². The minimum absolute atomic E-state index is 0. The molecule has 1 aromatic rings. The number of piperazine rings is 1. The molecule has 2 nitrogen and oxygen atoms in total. The van der Waals surface area contributed by atoms with Crippen LogP contribution in [0.2, 0.25) is 0 Å². The van der Waals surface area contributed by atoms with Gasteiger partial charge in [0.1, 0.15) is 0 Å². The molecule has 98 valence electrons. The molecule has 2 rings (SSSR count). The third-order valence-corrected chi connectivity index (χ3v) is 3.48. The third kappa shape index (κ3) is 3.58. The van der Waals surface area contributed by atoms with E-state index in [1.165, 1.54) is 11.3 Å². The minimum atomic E-state index is 0.